The Bertz CT molecular complexity index is 1280. The lowest BCUT2D eigenvalue weighted by Gasteiger charge is -2.19. The Morgan fingerprint density at radius 1 is 1.03 bits per heavy atom. The summed E-state index contributed by atoms with van der Waals surface area (Å²) in [6.45, 7) is 4.39. The fourth-order valence-corrected chi connectivity index (χ4v) is 4.68. The Morgan fingerprint density at radius 2 is 1.82 bits per heavy atom. The van der Waals surface area contributed by atoms with Crippen LogP contribution in [-0.2, 0) is 38.4 Å². The highest BCUT2D eigenvalue weighted by atomic mass is 16.5. The molecular formula is C30H37N3O5. The highest BCUT2D eigenvalue weighted by molar-refractivity contribution is 5.87. The van der Waals surface area contributed by atoms with Gasteiger partial charge in [-0.25, -0.2) is 9.59 Å². The Morgan fingerprint density at radius 3 is 2.63 bits per heavy atom. The molecule has 1 amide bonds. The summed E-state index contributed by atoms with van der Waals surface area (Å²) in [6, 6.07) is 11.6. The molecule has 8 heteroatoms. The van der Waals surface area contributed by atoms with Crippen LogP contribution in [0.3, 0.4) is 0 Å². The summed E-state index contributed by atoms with van der Waals surface area (Å²) in [6.07, 6.45) is 6.06. The molecule has 2 unspecified atom stereocenters. The molecule has 3 aromatic rings. The molecule has 1 aliphatic rings. The molecule has 38 heavy (non-hydrogen) atoms. The molecule has 0 radical (unpaired) electrons. The van der Waals surface area contributed by atoms with Crippen molar-refractivity contribution in [2.75, 3.05) is 6.61 Å². The van der Waals surface area contributed by atoms with Crippen LogP contribution in [-0.4, -0.2) is 41.5 Å². The first-order valence-corrected chi connectivity index (χ1v) is 13.4. The molecule has 202 valence electrons. The molecule has 1 aliphatic carbocycles. The average molecular weight is 520 g/mol. The van der Waals surface area contributed by atoms with Crippen LogP contribution in [0.4, 0.5) is 0 Å². The number of hydrogen-bond acceptors (Lipinski definition) is 6. The summed E-state index contributed by atoms with van der Waals surface area (Å²) in [4.78, 5) is 41.4. The zero-order valence-electron chi connectivity index (χ0n) is 22.1. The van der Waals surface area contributed by atoms with Crippen LogP contribution in [0, 0.1) is 5.92 Å². The predicted octanol–water partition coefficient (Wildman–Crippen LogP) is 3.99. The van der Waals surface area contributed by atoms with Gasteiger partial charge in [-0.2, -0.15) is 0 Å². The summed E-state index contributed by atoms with van der Waals surface area (Å²) >= 11 is 0. The van der Waals surface area contributed by atoms with E-state index in [1.165, 1.54) is 11.1 Å². The first-order valence-electron chi connectivity index (χ1n) is 13.4. The number of carbonyl (C=O) groups excluding carboxylic acids is 3. The quantitative estimate of drug-likeness (QED) is 0.246. The van der Waals surface area contributed by atoms with Gasteiger partial charge in [0.25, 0.3) is 0 Å². The number of H-pyrrole nitrogens is 1. The number of ether oxygens (including phenoxy) is 2. The number of benzene rings is 2. The van der Waals surface area contributed by atoms with Crippen LogP contribution >= 0.6 is 0 Å². The van der Waals surface area contributed by atoms with Crippen molar-refractivity contribution in [1.82, 2.24) is 10.3 Å². The van der Waals surface area contributed by atoms with Crippen molar-refractivity contribution in [2.45, 2.75) is 70.9 Å². The van der Waals surface area contributed by atoms with Gasteiger partial charge in [0.15, 0.2) is 0 Å². The van der Waals surface area contributed by atoms with Crippen LogP contribution in [0.2, 0.25) is 0 Å². The number of fused-ring (bicyclic) bond motifs is 2. The second kappa shape index (κ2) is 12.7. The molecule has 0 bridgehead atoms. The Balaban J connectivity index is 1.33. The number of aromatic nitrogens is 1. The third-order valence-corrected chi connectivity index (χ3v) is 6.93. The minimum atomic E-state index is -0.959. The summed E-state index contributed by atoms with van der Waals surface area (Å²) in [7, 11) is 0. The lowest BCUT2D eigenvalue weighted by Crippen LogP contribution is -2.44. The van der Waals surface area contributed by atoms with E-state index >= 15 is 0 Å². The third kappa shape index (κ3) is 7.22. The van der Waals surface area contributed by atoms with Crippen LogP contribution in [0.25, 0.3) is 10.9 Å². The van der Waals surface area contributed by atoms with E-state index in [0.29, 0.717) is 11.7 Å². The first-order chi connectivity index (χ1) is 18.3. The minimum absolute atomic E-state index is 0.0237. The summed E-state index contributed by atoms with van der Waals surface area (Å²) in [5.74, 6) is -0.582. The van der Waals surface area contributed by atoms with Crippen molar-refractivity contribution < 1.29 is 23.9 Å². The molecule has 4 rings (SSSR count). The number of carbonyl (C=O) groups is 3. The van der Waals surface area contributed by atoms with Crippen molar-refractivity contribution in [3.05, 3.63) is 65.4 Å². The largest absolute Gasteiger partial charge is 0.464 e. The molecule has 0 spiro atoms. The molecule has 8 nitrogen and oxygen atoms in total. The van der Waals surface area contributed by atoms with Gasteiger partial charge in [0.1, 0.15) is 17.8 Å². The highest BCUT2D eigenvalue weighted by Gasteiger charge is 2.25. The fourth-order valence-electron chi connectivity index (χ4n) is 4.68. The molecule has 1 heterocycles. The molecule has 2 atom stereocenters. The van der Waals surface area contributed by atoms with Crippen molar-refractivity contribution >= 4 is 28.7 Å². The second-order valence-corrected chi connectivity index (χ2v) is 10.4. The average Bonchev–Trinajstić information content (AvgIpc) is 3.53. The number of nitrogens with two attached hydrogens (primary N) is 1. The smallest absolute Gasteiger partial charge is 0.328 e. The van der Waals surface area contributed by atoms with E-state index in [0.717, 1.165) is 42.1 Å². The van der Waals surface area contributed by atoms with Crippen LogP contribution in [0.1, 0.15) is 56.2 Å². The molecule has 0 aliphatic heterocycles. The molecule has 2 aromatic carbocycles. The summed E-state index contributed by atoms with van der Waals surface area (Å²) in [5, 5.41) is 3.78. The van der Waals surface area contributed by atoms with E-state index in [1.807, 2.05) is 42.6 Å². The SMILES string of the molecule is CC(C)CCOC(=O)C(Cc1c[nH]c2ccccc12)NC(=O)CCC(N)C(=O)Oc1ccc2c(c1)CCC2. The van der Waals surface area contributed by atoms with Gasteiger partial charge in [0.2, 0.25) is 5.91 Å². The maximum Gasteiger partial charge on any atom is 0.328 e. The Kier molecular flexibility index (Phi) is 9.18. The monoisotopic (exact) mass is 519 g/mol. The third-order valence-electron chi connectivity index (χ3n) is 6.93. The number of rotatable bonds is 12. The van der Waals surface area contributed by atoms with Crippen molar-refractivity contribution in [3.63, 3.8) is 0 Å². The van der Waals surface area contributed by atoms with Gasteiger partial charge in [0, 0.05) is 29.9 Å². The predicted molar refractivity (Wildman–Crippen MR) is 146 cm³/mol. The number of esters is 2. The van der Waals surface area contributed by atoms with Gasteiger partial charge in [-0.3, -0.25) is 4.79 Å². The highest BCUT2D eigenvalue weighted by Crippen LogP contribution is 2.26. The Hall–Kier alpha value is -3.65. The van der Waals surface area contributed by atoms with Crippen LogP contribution in [0.5, 0.6) is 5.75 Å². The van der Waals surface area contributed by atoms with Gasteiger partial charge < -0.3 is 25.5 Å². The number of amides is 1. The lowest BCUT2D eigenvalue weighted by atomic mass is 10.0. The van der Waals surface area contributed by atoms with E-state index in [4.69, 9.17) is 15.2 Å². The van der Waals surface area contributed by atoms with Gasteiger partial charge in [-0.15, -0.1) is 0 Å². The molecule has 1 aromatic heterocycles. The van der Waals surface area contributed by atoms with E-state index < -0.39 is 24.0 Å². The van der Waals surface area contributed by atoms with E-state index in [-0.39, 0.29) is 31.8 Å². The van der Waals surface area contributed by atoms with E-state index in [2.05, 4.69) is 24.1 Å². The topological polar surface area (TPSA) is 124 Å². The van der Waals surface area contributed by atoms with E-state index in [1.54, 1.807) is 6.07 Å². The molecule has 0 fully saturated rings. The van der Waals surface area contributed by atoms with Crippen LogP contribution < -0.4 is 15.8 Å². The number of aryl methyl sites for hydroxylation is 2. The van der Waals surface area contributed by atoms with Crippen LogP contribution in [0.15, 0.2) is 48.7 Å². The number of aromatic amines is 1. The zero-order chi connectivity index (χ0) is 27.1. The molecular weight excluding hydrogens is 482 g/mol. The molecule has 4 N–H and O–H groups in total. The van der Waals surface area contributed by atoms with Gasteiger partial charge in [-0.05, 0) is 72.9 Å². The van der Waals surface area contributed by atoms with E-state index in [9.17, 15) is 14.4 Å². The number of nitrogens with one attached hydrogen (secondary N) is 2. The molecule has 0 saturated heterocycles. The maximum absolute atomic E-state index is 12.9. The molecule has 0 saturated carbocycles. The van der Waals surface area contributed by atoms with Crippen molar-refractivity contribution in [3.8, 4) is 5.75 Å². The lowest BCUT2D eigenvalue weighted by molar-refractivity contribution is -0.148. The van der Waals surface area contributed by atoms with Gasteiger partial charge >= 0.3 is 11.9 Å². The second-order valence-electron chi connectivity index (χ2n) is 10.4. The minimum Gasteiger partial charge on any atom is -0.464 e. The number of hydrogen-bond donors (Lipinski definition) is 3. The van der Waals surface area contributed by atoms with Crippen molar-refractivity contribution in [1.29, 1.82) is 0 Å². The summed E-state index contributed by atoms with van der Waals surface area (Å²) < 4.78 is 10.9. The summed E-state index contributed by atoms with van der Waals surface area (Å²) in [5.41, 5.74) is 10.4. The Labute approximate surface area is 223 Å². The normalized spacial score (nSPS) is 14.2. The van der Waals surface area contributed by atoms with Gasteiger partial charge in [0.05, 0.1) is 6.61 Å². The van der Waals surface area contributed by atoms with Gasteiger partial charge in [-0.1, -0.05) is 38.1 Å². The number of para-hydroxylation sites is 1. The maximum atomic E-state index is 12.9. The fraction of sp³-hybridized carbons (Fsp3) is 0.433. The zero-order valence-corrected chi connectivity index (χ0v) is 22.1. The standard InChI is InChI=1S/C30H37N3O5/c1-19(2)14-15-37-30(36)27(17-22-18-32-26-9-4-3-8-24(22)26)33-28(34)13-12-25(31)29(35)38-23-11-10-20-6-5-7-21(20)16-23/h3-4,8-11,16,18-19,25,27,32H,5-7,12-15,17,31H2,1-2H3,(H,33,34). The van der Waals surface area contributed by atoms with Crippen molar-refractivity contribution in [2.24, 2.45) is 11.7 Å². The first kappa shape index (κ1) is 27.4.